The van der Waals surface area contributed by atoms with Crippen LogP contribution in [-0.2, 0) is 16.1 Å². The lowest BCUT2D eigenvalue weighted by atomic mass is 9.96. The monoisotopic (exact) mass is 641 g/mol. The van der Waals surface area contributed by atoms with E-state index < -0.39 is 22.5 Å². The Bertz CT molecular complexity index is 2000. The molecule has 5 rings (SSSR count). The van der Waals surface area contributed by atoms with Crippen molar-refractivity contribution < 1.29 is 28.7 Å². The Labute approximate surface area is 268 Å². The van der Waals surface area contributed by atoms with E-state index >= 15 is 0 Å². The minimum Gasteiger partial charge on any atom is -0.493 e. The van der Waals surface area contributed by atoms with E-state index in [4.69, 9.17) is 18.9 Å². The number of carbonyl (C=O) groups excluding carboxylic acids is 1. The molecule has 1 aromatic heterocycles. The van der Waals surface area contributed by atoms with Gasteiger partial charge < -0.3 is 18.9 Å². The number of nitro groups is 1. The molecule has 0 N–H and O–H groups in total. The number of methoxy groups -OCH3 is 1. The minimum atomic E-state index is -0.857. The number of allylic oxidation sites excluding steroid dienone is 1. The molecule has 1 aliphatic heterocycles. The van der Waals surface area contributed by atoms with Gasteiger partial charge in [-0.15, -0.1) is 0 Å². The van der Waals surface area contributed by atoms with Gasteiger partial charge in [0.2, 0.25) is 0 Å². The van der Waals surface area contributed by atoms with Crippen LogP contribution >= 0.6 is 11.3 Å². The lowest BCUT2D eigenvalue weighted by molar-refractivity contribution is -0.385. The average molecular weight is 642 g/mol. The van der Waals surface area contributed by atoms with Crippen LogP contribution in [-0.4, -0.2) is 35.8 Å². The summed E-state index contributed by atoms with van der Waals surface area (Å²) in [5, 5.41) is 12.2. The second-order valence-corrected chi connectivity index (χ2v) is 11.1. The van der Waals surface area contributed by atoms with Gasteiger partial charge >= 0.3 is 5.97 Å². The first-order valence-electron chi connectivity index (χ1n) is 14.3. The zero-order valence-corrected chi connectivity index (χ0v) is 26.2. The van der Waals surface area contributed by atoms with Crippen molar-refractivity contribution in [3.63, 3.8) is 0 Å². The zero-order valence-electron chi connectivity index (χ0n) is 25.4. The number of nitrogens with zero attached hydrogens (tertiary/aromatic N) is 3. The maximum Gasteiger partial charge on any atom is 0.338 e. The Morgan fingerprint density at radius 1 is 1.11 bits per heavy atom. The van der Waals surface area contributed by atoms with Crippen molar-refractivity contribution in [1.29, 1.82) is 0 Å². The van der Waals surface area contributed by atoms with Crippen LogP contribution in [0.1, 0.15) is 36.6 Å². The van der Waals surface area contributed by atoms with E-state index in [0.717, 1.165) is 16.9 Å². The third-order valence-corrected chi connectivity index (χ3v) is 8.10. The lowest BCUT2D eigenvalue weighted by Gasteiger charge is -2.24. The summed E-state index contributed by atoms with van der Waals surface area (Å²) in [5.74, 6) is 0.442. The zero-order chi connectivity index (χ0) is 32.8. The van der Waals surface area contributed by atoms with Gasteiger partial charge in [-0.1, -0.05) is 66.5 Å². The van der Waals surface area contributed by atoms with Crippen molar-refractivity contribution in [2.24, 2.45) is 4.99 Å². The first-order chi connectivity index (χ1) is 22.2. The van der Waals surface area contributed by atoms with Gasteiger partial charge in [0.1, 0.15) is 19.0 Å². The maximum absolute atomic E-state index is 14.1. The second kappa shape index (κ2) is 14.1. The number of ether oxygens (including phenoxy) is 4. The lowest BCUT2D eigenvalue weighted by Crippen LogP contribution is -2.39. The van der Waals surface area contributed by atoms with Gasteiger partial charge in [0.25, 0.3) is 11.2 Å². The molecule has 0 unspecified atom stereocenters. The van der Waals surface area contributed by atoms with Gasteiger partial charge in [-0.25, -0.2) is 9.79 Å². The molecule has 4 aromatic rings. The molecular weight excluding hydrogens is 610 g/mol. The van der Waals surface area contributed by atoms with Crippen molar-refractivity contribution >= 4 is 29.1 Å². The maximum atomic E-state index is 14.1. The van der Waals surface area contributed by atoms with Crippen LogP contribution in [0, 0.1) is 10.1 Å². The van der Waals surface area contributed by atoms with E-state index in [1.807, 2.05) is 30.3 Å². The Kier molecular flexibility index (Phi) is 9.77. The quantitative estimate of drug-likeness (QED) is 0.0928. The third-order valence-electron chi connectivity index (χ3n) is 7.11. The summed E-state index contributed by atoms with van der Waals surface area (Å²) < 4.78 is 23.9. The molecule has 0 saturated heterocycles. The molecule has 12 heteroatoms. The fourth-order valence-corrected chi connectivity index (χ4v) is 6.03. The van der Waals surface area contributed by atoms with Crippen LogP contribution in [0.25, 0.3) is 6.08 Å². The Morgan fingerprint density at radius 2 is 1.85 bits per heavy atom. The predicted octanol–water partition coefficient (Wildman–Crippen LogP) is 4.86. The van der Waals surface area contributed by atoms with E-state index in [1.165, 1.54) is 29.9 Å². The van der Waals surface area contributed by atoms with E-state index in [2.05, 4.69) is 11.6 Å². The van der Waals surface area contributed by atoms with Crippen LogP contribution in [0.5, 0.6) is 17.2 Å². The molecule has 0 spiro atoms. The number of hydrogen-bond acceptors (Lipinski definition) is 10. The van der Waals surface area contributed by atoms with Gasteiger partial charge in [-0.3, -0.25) is 19.5 Å². The number of carbonyl (C=O) groups is 1. The topological polar surface area (TPSA) is 131 Å². The molecule has 0 saturated carbocycles. The summed E-state index contributed by atoms with van der Waals surface area (Å²) in [6, 6.07) is 18.3. The second-order valence-electron chi connectivity index (χ2n) is 10.1. The Hall–Kier alpha value is -5.49. The number of thiazole rings is 1. The fourth-order valence-electron chi connectivity index (χ4n) is 5.00. The van der Waals surface area contributed by atoms with Crippen molar-refractivity contribution in [3.05, 3.63) is 137 Å². The van der Waals surface area contributed by atoms with Gasteiger partial charge in [-0.2, -0.15) is 0 Å². The SMILES string of the molecule is C=CCOc1ccc([C@@H]2C(C(=O)OCC)=C(C)N=c3s/c(=C\c4cc(OC)c(OCc5ccccc5)cc4[N+](=O)[O-])c(=O)n32)cc1. The smallest absolute Gasteiger partial charge is 0.338 e. The normalized spacial score (nSPS) is 14.2. The summed E-state index contributed by atoms with van der Waals surface area (Å²) in [4.78, 5) is 43.8. The van der Waals surface area contributed by atoms with E-state index in [0.29, 0.717) is 28.4 Å². The first kappa shape index (κ1) is 31.9. The number of nitro benzene ring substituents is 1. The Morgan fingerprint density at radius 3 is 2.50 bits per heavy atom. The molecule has 236 valence electrons. The van der Waals surface area contributed by atoms with Gasteiger partial charge in [0.15, 0.2) is 16.3 Å². The predicted molar refractivity (Wildman–Crippen MR) is 173 cm³/mol. The molecule has 0 fully saturated rings. The molecule has 2 heterocycles. The molecule has 3 aromatic carbocycles. The summed E-state index contributed by atoms with van der Waals surface area (Å²) >= 11 is 1.06. The van der Waals surface area contributed by atoms with Crippen LogP contribution in [0.2, 0.25) is 0 Å². The van der Waals surface area contributed by atoms with Crippen molar-refractivity contribution in [2.75, 3.05) is 20.3 Å². The molecule has 0 aliphatic carbocycles. The minimum absolute atomic E-state index is 0.137. The molecule has 0 radical (unpaired) electrons. The highest BCUT2D eigenvalue weighted by Gasteiger charge is 2.33. The highest BCUT2D eigenvalue weighted by Crippen LogP contribution is 2.36. The molecular formula is C34H31N3O8S. The average Bonchev–Trinajstić information content (AvgIpc) is 3.36. The molecule has 46 heavy (non-hydrogen) atoms. The first-order valence-corrected chi connectivity index (χ1v) is 15.1. The highest BCUT2D eigenvalue weighted by molar-refractivity contribution is 7.07. The number of fused-ring (bicyclic) bond motifs is 1. The number of esters is 1. The van der Waals surface area contributed by atoms with Gasteiger partial charge in [0.05, 0.1) is 52.1 Å². The van der Waals surface area contributed by atoms with Gasteiger partial charge in [-0.05, 0) is 49.2 Å². The fraction of sp³-hybridized carbons (Fsp3) is 0.206. The Balaban J connectivity index is 1.62. The number of rotatable bonds is 12. The van der Waals surface area contributed by atoms with Crippen LogP contribution in [0.4, 0.5) is 5.69 Å². The summed E-state index contributed by atoms with van der Waals surface area (Å²) in [7, 11) is 1.43. The van der Waals surface area contributed by atoms with Crippen LogP contribution in [0.3, 0.4) is 0 Å². The van der Waals surface area contributed by atoms with Crippen molar-refractivity contribution in [2.45, 2.75) is 26.5 Å². The van der Waals surface area contributed by atoms with E-state index in [1.54, 1.807) is 44.2 Å². The van der Waals surface area contributed by atoms with Crippen molar-refractivity contribution in [1.82, 2.24) is 4.57 Å². The molecule has 11 nitrogen and oxygen atoms in total. The van der Waals surface area contributed by atoms with E-state index in [-0.39, 0.29) is 46.1 Å². The third kappa shape index (κ3) is 6.61. The van der Waals surface area contributed by atoms with Crippen LogP contribution < -0.4 is 29.1 Å². The molecule has 0 amide bonds. The van der Waals surface area contributed by atoms with E-state index in [9.17, 15) is 19.7 Å². The summed E-state index contributed by atoms with van der Waals surface area (Å²) in [6.45, 7) is 7.67. The molecule has 1 atom stereocenters. The number of benzene rings is 3. The number of aromatic nitrogens is 1. The summed E-state index contributed by atoms with van der Waals surface area (Å²) in [6.07, 6.45) is 3.06. The van der Waals surface area contributed by atoms with Crippen molar-refractivity contribution in [3.8, 4) is 17.2 Å². The van der Waals surface area contributed by atoms with Gasteiger partial charge in [0, 0.05) is 0 Å². The molecule has 0 bridgehead atoms. The standard InChI is InChI=1S/C34H31N3O8S/c1-5-16-44-25-14-12-23(13-15-25)31-30(33(39)43-6-2)21(3)35-34-36(31)32(38)29(46-34)18-24-17-27(42-4)28(19-26(24)37(40)41)45-20-22-10-8-7-9-11-22/h5,7-15,17-19,31H,1,6,16,20H2,2-4H3/b29-18-/t31-/m1/s1. The summed E-state index contributed by atoms with van der Waals surface area (Å²) in [5.41, 5.74) is 1.51. The van der Waals surface area contributed by atoms with Crippen LogP contribution in [0.15, 0.2) is 100 Å². The number of hydrogen-bond donors (Lipinski definition) is 0. The highest BCUT2D eigenvalue weighted by atomic mass is 32.1. The largest absolute Gasteiger partial charge is 0.493 e. The molecule has 1 aliphatic rings.